The lowest BCUT2D eigenvalue weighted by molar-refractivity contribution is 0.0722. The van der Waals surface area contributed by atoms with Gasteiger partial charge in [0.25, 0.3) is 5.91 Å². The second kappa shape index (κ2) is 8.88. The third kappa shape index (κ3) is 5.10. The maximum atomic E-state index is 13.0. The number of hydrogen-bond donors (Lipinski definition) is 0. The van der Waals surface area contributed by atoms with Crippen LogP contribution in [0, 0.1) is 19.8 Å². The first-order valence-electron chi connectivity index (χ1n) is 9.94. The van der Waals surface area contributed by atoms with Crippen molar-refractivity contribution in [2.45, 2.75) is 34.2 Å². The highest BCUT2D eigenvalue weighted by atomic mass is 16.2. The van der Waals surface area contributed by atoms with Gasteiger partial charge in [-0.15, -0.1) is 0 Å². The summed E-state index contributed by atoms with van der Waals surface area (Å²) in [5, 5.41) is 0. The summed E-state index contributed by atoms with van der Waals surface area (Å²) < 4.78 is 0. The molecule has 3 aromatic carbocycles. The molecule has 1 amide bonds. The van der Waals surface area contributed by atoms with Gasteiger partial charge in [0.2, 0.25) is 0 Å². The van der Waals surface area contributed by atoms with E-state index in [1.807, 2.05) is 36.1 Å². The van der Waals surface area contributed by atoms with E-state index in [2.05, 4.69) is 69.3 Å². The average Bonchev–Trinajstić information content (AvgIpc) is 2.68. The quantitative estimate of drug-likeness (QED) is 0.500. The first-order valence-corrected chi connectivity index (χ1v) is 9.94. The number of carbonyl (C=O) groups excluding carboxylic acids is 1. The Labute approximate surface area is 168 Å². The van der Waals surface area contributed by atoms with Crippen LogP contribution in [0.25, 0.3) is 11.1 Å². The lowest BCUT2D eigenvalue weighted by Gasteiger charge is -2.25. The highest BCUT2D eigenvalue weighted by Gasteiger charge is 2.17. The van der Waals surface area contributed by atoms with Crippen LogP contribution in [0.5, 0.6) is 0 Å². The first-order chi connectivity index (χ1) is 13.4. The van der Waals surface area contributed by atoms with E-state index >= 15 is 0 Å². The molecule has 0 aliphatic carbocycles. The minimum atomic E-state index is 0.0938. The van der Waals surface area contributed by atoms with Crippen molar-refractivity contribution in [3.8, 4) is 11.1 Å². The summed E-state index contributed by atoms with van der Waals surface area (Å²) in [6.45, 7) is 9.80. The fraction of sp³-hybridized carbons (Fsp3) is 0.269. The number of carbonyl (C=O) groups is 1. The smallest absolute Gasteiger partial charge is 0.254 e. The third-order valence-corrected chi connectivity index (χ3v) is 4.88. The monoisotopic (exact) mass is 371 g/mol. The van der Waals surface area contributed by atoms with Crippen LogP contribution in [-0.4, -0.2) is 17.4 Å². The highest BCUT2D eigenvalue weighted by Crippen LogP contribution is 2.21. The van der Waals surface area contributed by atoms with Crippen molar-refractivity contribution in [2.75, 3.05) is 6.54 Å². The summed E-state index contributed by atoms with van der Waals surface area (Å²) in [6.07, 6.45) is 0. The van der Waals surface area contributed by atoms with Gasteiger partial charge in [-0.05, 0) is 48.6 Å². The molecule has 0 aromatic heterocycles. The molecule has 0 unspecified atom stereocenters. The van der Waals surface area contributed by atoms with Gasteiger partial charge >= 0.3 is 0 Å². The molecule has 0 N–H and O–H groups in total. The van der Waals surface area contributed by atoms with Gasteiger partial charge < -0.3 is 4.90 Å². The van der Waals surface area contributed by atoms with Crippen LogP contribution in [0.15, 0.2) is 72.8 Å². The van der Waals surface area contributed by atoms with Crippen LogP contribution in [0.3, 0.4) is 0 Å². The summed E-state index contributed by atoms with van der Waals surface area (Å²) in [6, 6.07) is 24.9. The Bertz CT molecular complexity index is 906. The average molecular weight is 372 g/mol. The van der Waals surface area contributed by atoms with Gasteiger partial charge in [-0.25, -0.2) is 0 Å². The van der Waals surface area contributed by atoms with E-state index in [4.69, 9.17) is 0 Å². The normalized spacial score (nSPS) is 10.9. The molecule has 144 valence electrons. The lowest BCUT2D eigenvalue weighted by atomic mass is 10.0. The molecule has 0 saturated heterocycles. The first kappa shape index (κ1) is 19.9. The maximum absolute atomic E-state index is 13.0. The lowest BCUT2D eigenvalue weighted by Crippen LogP contribution is -2.33. The molecule has 0 fully saturated rings. The van der Waals surface area contributed by atoms with E-state index in [-0.39, 0.29) is 5.91 Å². The molecule has 0 aliphatic heterocycles. The van der Waals surface area contributed by atoms with Crippen molar-refractivity contribution in [3.63, 3.8) is 0 Å². The van der Waals surface area contributed by atoms with Gasteiger partial charge in [0, 0.05) is 18.7 Å². The molecule has 0 aliphatic rings. The van der Waals surface area contributed by atoms with Gasteiger partial charge in [0.05, 0.1) is 0 Å². The molecule has 3 aromatic rings. The molecule has 3 rings (SSSR count). The standard InChI is InChI=1S/C26H29NO/c1-19(2)17-27(26(28)25-13-7-21(4)8-14-25)18-22-9-15-24(16-10-22)23-11-5-20(3)6-12-23/h5-16,19H,17-18H2,1-4H3. The van der Waals surface area contributed by atoms with Crippen LogP contribution in [-0.2, 0) is 6.54 Å². The van der Waals surface area contributed by atoms with Gasteiger partial charge in [0.15, 0.2) is 0 Å². The summed E-state index contributed by atoms with van der Waals surface area (Å²) >= 11 is 0. The molecule has 2 heteroatoms. The van der Waals surface area contributed by atoms with Gasteiger partial charge in [-0.1, -0.05) is 85.6 Å². The second-order valence-corrected chi connectivity index (χ2v) is 8.01. The number of nitrogens with zero attached hydrogens (tertiary/aromatic N) is 1. The predicted octanol–water partition coefficient (Wildman–Crippen LogP) is 6.27. The Hall–Kier alpha value is -2.87. The molecule has 0 saturated carbocycles. The highest BCUT2D eigenvalue weighted by molar-refractivity contribution is 5.94. The van der Waals surface area contributed by atoms with Crippen molar-refractivity contribution in [3.05, 3.63) is 95.1 Å². The molecule has 0 heterocycles. The predicted molar refractivity (Wildman–Crippen MR) is 117 cm³/mol. The Kier molecular flexibility index (Phi) is 6.30. The summed E-state index contributed by atoms with van der Waals surface area (Å²) in [4.78, 5) is 15.0. The zero-order valence-corrected chi connectivity index (χ0v) is 17.3. The molecular weight excluding hydrogens is 342 g/mol. The Morgan fingerprint density at radius 3 is 1.71 bits per heavy atom. The SMILES string of the molecule is Cc1ccc(C(=O)N(Cc2ccc(-c3ccc(C)cc3)cc2)CC(C)C)cc1. The van der Waals surface area contributed by atoms with Gasteiger partial charge in [-0.2, -0.15) is 0 Å². The third-order valence-electron chi connectivity index (χ3n) is 4.88. The van der Waals surface area contributed by atoms with E-state index in [9.17, 15) is 4.79 Å². The minimum absolute atomic E-state index is 0.0938. The maximum Gasteiger partial charge on any atom is 0.254 e. The van der Waals surface area contributed by atoms with Crippen LogP contribution in [0.4, 0.5) is 0 Å². The fourth-order valence-electron chi connectivity index (χ4n) is 3.31. The number of benzene rings is 3. The second-order valence-electron chi connectivity index (χ2n) is 8.01. The van der Waals surface area contributed by atoms with Crippen LogP contribution < -0.4 is 0 Å². The van der Waals surface area contributed by atoms with E-state index in [0.717, 1.165) is 17.7 Å². The molecular formula is C26H29NO. The van der Waals surface area contributed by atoms with Crippen LogP contribution in [0.2, 0.25) is 0 Å². The summed E-state index contributed by atoms with van der Waals surface area (Å²) in [5.74, 6) is 0.512. The van der Waals surface area contributed by atoms with Crippen LogP contribution in [0.1, 0.15) is 40.9 Å². The van der Waals surface area contributed by atoms with Crippen molar-refractivity contribution in [2.24, 2.45) is 5.92 Å². The van der Waals surface area contributed by atoms with E-state index in [1.165, 1.54) is 22.3 Å². The van der Waals surface area contributed by atoms with Gasteiger partial charge in [-0.3, -0.25) is 4.79 Å². The largest absolute Gasteiger partial charge is 0.334 e. The molecule has 0 atom stereocenters. The Balaban J connectivity index is 1.77. The van der Waals surface area contributed by atoms with Crippen LogP contribution >= 0.6 is 0 Å². The van der Waals surface area contributed by atoms with Gasteiger partial charge in [0.1, 0.15) is 0 Å². The minimum Gasteiger partial charge on any atom is -0.334 e. The fourth-order valence-corrected chi connectivity index (χ4v) is 3.31. The van der Waals surface area contributed by atoms with Crippen molar-refractivity contribution in [1.82, 2.24) is 4.90 Å². The van der Waals surface area contributed by atoms with E-state index in [0.29, 0.717) is 12.5 Å². The summed E-state index contributed by atoms with van der Waals surface area (Å²) in [7, 11) is 0. The Morgan fingerprint density at radius 2 is 1.21 bits per heavy atom. The van der Waals surface area contributed by atoms with Crippen molar-refractivity contribution >= 4 is 5.91 Å². The topological polar surface area (TPSA) is 20.3 Å². The number of aryl methyl sites for hydroxylation is 2. The number of amides is 1. The molecule has 28 heavy (non-hydrogen) atoms. The van der Waals surface area contributed by atoms with E-state index < -0.39 is 0 Å². The number of hydrogen-bond acceptors (Lipinski definition) is 1. The zero-order chi connectivity index (χ0) is 20.1. The van der Waals surface area contributed by atoms with Crippen molar-refractivity contribution in [1.29, 1.82) is 0 Å². The summed E-state index contributed by atoms with van der Waals surface area (Å²) in [5.41, 5.74) is 6.74. The molecule has 2 nitrogen and oxygen atoms in total. The van der Waals surface area contributed by atoms with Crippen molar-refractivity contribution < 1.29 is 4.79 Å². The molecule has 0 bridgehead atoms. The Morgan fingerprint density at radius 1 is 0.750 bits per heavy atom. The number of rotatable bonds is 6. The zero-order valence-electron chi connectivity index (χ0n) is 17.3. The molecule has 0 radical (unpaired) electrons. The molecule has 0 spiro atoms. The van der Waals surface area contributed by atoms with E-state index in [1.54, 1.807) is 0 Å².